The maximum absolute atomic E-state index is 12.2. The van der Waals surface area contributed by atoms with Crippen LogP contribution in [0.1, 0.15) is 10.4 Å². The van der Waals surface area contributed by atoms with Gasteiger partial charge in [-0.25, -0.2) is 4.98 Å². The van der Waals surface area contributed by atoms with Crippen LogP contribution < -0.4 is 10.3 Å². The van der Waals surface area contributed by atoms with Crippen LogP contribution in [0.15, 0.2) is 46.1 Å². The Morgan fingerprint density at radius 2 is 2.16 bits per heavy atom. The fraction of sp³-hybridized carbons (Fsp3) is 0.154. The van der Waals surface area contributed by atoms with Crippen LogP contribution in [0.2, 0.25) is 0 Å². The number of aromatic nitrogens is 2. The zero-order chi connectivity index (χ0) is 13.8. The molecule has 1 heterocycles. The van der Waals surface area contributed by atoms with E-state index >= 15 is 0 Å². The average Bonchev–Trinajstić information content (AvgIpc) is 2.43. The van der Waals surface area contributed by atoms with Crippen LogP contribution in [0.4, 0.5) is 0 Å². The summed E-state index contributed by atoms with van der Waals surface area (Å²) in [5.74, 6) is 0.281. The molecule has 19 heavy (non-hydrogen) atoms. The smallest absolute Gasteiger partial charge is 0.268 e. The number of nitrogens with zero attached hydrogens (tertiary/aromatic N) is 2. The quantitative estimate of drug-likeness (QED) is 0.806. The van der Waals surface area contributed by atoms with Gasteiger partial charge in [-0.3, -0.25) is 14.2 Å². The molecule has 0 N–H and O–H groups in total. The molecule has 0 aliphatic heterocycles. The number of hydrogen-bond donors (Lipinski definition) is 0. The third-order valence-corrected chi connectivity index (χ3v) is 3.12. The second-order valence-corrected chi connectivity index (χ2v) is 4.65. The fourth-order valence-corrected chi connectivity index (χ4v) is 2.00. The minimum Gasteiger partial charge on any atom is -0.496 e. The lowest BCUT2D eigenvalue weighted by Gasteiger charge is -2.08. The highest BCUT2D eigenvalue weighted by Crippen LogP contribution is 2.18. The number of benzene rings is 1. The predicted molar refractivity (Wildman–Crippen MR) is 73.5 cm³/mol. The van der Waals surface area contributed by atoms with Gasteiger partial charge in [0.2, 0.25) is 0 Å². The lowest BCUT2D eigenvalue weighted by atomic mass is 10.1. The van der Waals surface area contributed by atoms with E-state index in [2.05, 4.69) is 20.9 Å². The summed E-state index contributed by atoms with van der Waals surface area (Å²) in [4.78, 5) is 27.8. The Balaban J connectivity index is 2.31. The van der Waals surface area contributed by atoms with E-state index in [1.54, 1.807) is 24.3 Å². The molecule has 98 valence electrons. The number of para-hydroxylation sites is 1. The largest absolute Gasteiger partial charge is 0.496 e. The van der Waals surface area contributed by atoms with Crippen molar-refractivity contribution in [2.75, 3.05) is 7.11 Å². The molecule has 1 aromatic heterocycles. The first-order valence-electron chi connectivity index (χ1n) is 5.49. The van der Waals surface area contributed by atoms with Crippen molar-refractivity contribution in [2.24, 2.45) is 0 Å². The summed E-state index contributed by atoms with van der Waals surface area (Å²) in [6.07, 6.45) is 2.73. The molecule has 0 aliphatic carbocycles. The topological polar surface area (TPSA) is 61.2 Å². The number of hydrogen-bond acceptors (Lipinski definition) is 4. The molecule has 5 nitrogen and oxygen atoms in total. The molecule has 2 aromatic rings. The summed E-state index contributed by atoms with van der Waals surface area (Å²) in [5.41, 5.74) is 0.148. The van der Waals surface area contributed by atoms with Crippen molar-refractivity contribution in [1.29, 1.82) is 0 Å². The number of carbonyl (C=O) groups excluding carboxylic acids is 1. The Morgan fingerprint density at radius 3 is 2.89 bits per heavy atom. The van der Waals surface area contributed by atoms with Crippen LogP contribution in [-0.2, 0) is 6.54 Å². The van der Waals surface area contributed by atoms with Gasteiger partial charge < -0.3 is 4.74 Å². The lowest BCUT2D eigenvalue weighted by molar-refractivity contribution is 0.0967. The highest BCUT2D eigenvalue weighted by Gasteiger charge is 2.13. The van der Waals surface area contributed by atoms with Crippen molar-refractivity contribution in [3.63, 3.8) is 0 Å². The number of Topliss-reactive ketones (excluding diaryl/α,β-unsaturated/α-hetero) is 1. The summed E-state index contributed by atoms with van der Waals surface area (Å²) in [5, 5.41) is 0. The minimum atomic E-state index is -0.293. The Labute approximate surface area is 118 Å². The lowest BCUT2D eigenvalue weighted by Crippen LogP contribution is -2.25. The van der Waals surface area contributed by atoms with Gasteiger partial charge in [0.25, 0.3) is 5.56 Å². The number of carbonyl (C=O) groups is 1. The normalized spacial score (nSPS) is 10.2. The molecular weight excluding hydrogens is 312 g/mol. The monoisotopic (exact) mass is 322 g/mol. The number of halogens is 1. The second kappa shape index (κ2) is 5.79. The zero-order valence-electron chi connectivity index (χ0n) is 10.2. The first kappa shape index (κ1) is 13.5. The van der Waals surface area contributed by atoms with Crippen molar-refractivity contribution in [1.82, 2.24) is 9.55 Å². The van der Waals surface area contributed by atoms with E-state index in [9.17, 15) is 9.59 Å². The molecule has 0 aliphatic rings. The molecule has 0 unspecified atom stereocenters. The van der Waals surface area contributed by atoms with Crippen molar-refractivity contribution < 1.29 is 9.53 Å². The first-order chi connectivity index (χ1) is 9.13. The maximum Gasteiger partial charge on any atom is 0.268 e. The molecule has 2 rings (SSSR count). The summed E-state index contributed by atoms with van der Waals surface area (Å²) in [6, 6.07) is 6.90. The van der Waals surface area contributed by atoms with Crippen molar-refractivity contribution in [2.45, 2.75) is 6.54 Å². The molecule has 0 bridgehead atoms. The molecule has 0 radical (unpaired) electrons. The molecule has 0 amide bonds. The van der Waals surface area contributed by atoms with Crippen LogP contribution in [-0.4, -0.2) is 22.4 Å². The van der Waals surface area contributed by atoms with Gasteiger partial charge >= 0.3 is 0 Å². The summed E-state index contributed by atoms with van der Waals surface area (Å²) in [6.45, 7) is -0.0777. The molecule has 0 fully saturated rings. The average molecular weight is 323 g/mol. The number of ketones is 1. The van der Waals surface area contributed by atoms with E-state index < -0.39 is 0 Å². The minimum absolute atomic E-state index is 0.0777. The van der Waals surface area contributed by atoms with Crippen molar-refractivity contribution in [3.05, 3.63) is 57.2 Å². The fourth-order valence-electron chi connectivity index (χ4n) is 1.65. The van der Waals surface area contributed by atoms with Gasteiger partial charge in [-0.2, -0.15) is 0 Å². The van der Waals surface area contributed by atoms with Gasteiger partial charge in [-0.1, -0.05) is 12.1 Å². The Morgan fingerprint density at radius 1 is 1.42 bits per heavy atom. The third-order valence-electron chi connectivity index (χ3n) is 2.58. The SMILES string of the molecule is COc1ccccc1C(=O)Cn1cncc(Br)c1=O. The van der Waals surface area contributed by atoms with Gasteiger partial charge in [-0.05, 0) is 28.1 Å². The van der Waals surface area contributed by atoms with E-state index in [1.807, 2.05) is 0 Å². The van der Waals surface area contributed by atoms with Gasteiger partial charge in [0.15, 0.2) is 5.78 Å². The van der Waals surface area contributed by atoms with Crippen LogP contribution in [0.5, 0.6) is 5.75 Å². The van der Waals surface area contributed by atoms with E-state index in [0.717, 1.165) is 0 Å². The van der Waals surface area contributed by atoms with Crippen LogP contribution in [0.3, 0.4) is 0 Å². The molecule has 0 atom stereocenters. The summed E-state index contributed by atoms with van der Waals surface area (Å²) in [7, 11) is 1.50. The molecule has 0 saturated heterocycles. The van der Waals surface area contributed by atoms with Crippen molar-refractivity contribution in [3.8, 4) is 5.75 Å². The summed E-state index contributed by atoms with van der Waals surface area (Å²) < 4.78 is 6.70. The Hall–Kier alpha value is -1.95. The van der Waals surface area contributed by atoms with E-state index in [-0.39, 0.29) is 17.9 Å². The maximum atomic E-state index is 12.2. The molecule has 1 aromatic carbocycles. The highest BCUT2D eigenvalue weighted by atomic mass is 79.9. The predicted octanol–water partition coefficient (Wildman–Crippen LogP) is 1.90. The Kier molecular flexibility index (Phi) is 4.11. The van der Waals surface area contributed by atoms with Crippen molar-refractivity contribution >= 4 is 21.7 Å². The second-order valence-electron chi connectivity index (χ2n) is 3.80. The molecule has 6 heteroatoms. The zero-order valence-corrected chi connectivity index (χ0v) is 11.8. The van der Waals surface area contributed by atoms with Gasteiger partial charge in [-0.15, -0.1) is 0 Å². The first-order valence-corrected chi connectivity index (χ1v) is 6.29. The number of methoxy groups -OCH3 is 1. The van der Waals surface area contributed by atoms with Gasteiger partial charge in [0.1, 0.15) is 10.2 Å². The van der Waals surface area contributed by atoms with Crippen LogP contribution >= 0.6 is 15.9 Å². The number of rotatable bonds is 4. The van der Waals surface area contributed by atoms with Crippen LogP contribution in [0.25, 0.3) is 0 Å². The standard InChI is InChI=1S/C13H11BrN2O3/c1-19-12-5-3-2-4-9(12)11(17)7-16-8-15-6-10(14)13(16)18/h2-6,8H,7H2,1H3. The van der Waals surface area contributed by atoms with E-state index in [0.29, 0.717) is 15.8 Å². The molecule has 0 spiro atoms. The van der Waals surface area contributed by atoms with E-state index in [1.165, 1.54) is 24.2 Å². The molecular formula is C13H11BrN2O3. The van der Waals surface area contributed by atoms with E-state index in [4.69, 9.17) is 4.74 Å². The van der Waals surface area contributed by atoms with Crippen LogP contribution in [0, 0.1) is 0 Å². The number of ether oxygens (including phenoxy) is 1. The molecule has 0 saturated carbocycles. The Bertz CT molecular complexity index is 667. The highest BCUT2D eigenvalue weighted by molar-refractivity contribution is 9.10. The third kappa shape index (κ3) is 2.90. The summed E-state index contributed by atoms with van der Waals surface area (Å²) >= 11 is 3.09. The van der Waals surface area contributed by atoms with Gasteiger partial charge in [0, 0.05) is 6.20 Å². The van der Waals surface area contributed by atoms with Gasteiger partial charge in [0.05, 0.1) is 25.5 Å².